The lowest BCUT2D eigenvalue weighted by Crippen LogP contribution is -2.36. The first kappa shape index (κ1) is 16.1. The second kappa shape index (κ2) is 7.18. The molecule has 1 saturated heterocycles. The monoisotopic (exact) mass is 313 g/mol. The zero-order chi connectivity index (χ0) is 16.2. The van der Waals surface area contributed by atoms with E-state index in [1.165, 1.54) is 18.4 Å². The molecule has 1 aromatic carbocycles. The van der Waals surface area contributed by atoms with E-state index >= 15 is 0 Å². The minimum absolute atomic E-state index is 0.0213. The smallest absolute Gasteiger partial charge is 0.248 e. The maximum Gasteiger partial charge on any atom is 0.248 e. The number of amides is 1. The number of nitrogens with one attached hydrogen (secondary N) is 2. The van der Waals surface area contributed by atoms with Gasteiger partial charge in [-0.25, -0.2) is 0 Å². The fraction of sp³-hybridized carbons (Fsp3) is 0.526. The van der Waals surface area contributed by atoms with Gasteiger partial charge in [0.25, 0.3) is 0 Å². The van der Waals surface area contributed by atoms with Crippen molar-refractivity contribution in [2.75, 3.05) is 30.8 Å². The van der Waals surface area contributed by atoms with Gasteiger partial charge in [-0.3, -0.25) is 4.79 Å². The highest BCUT2D eigenvalue weighted by atomic mass is 16.1. The highest BCUT2D eigenvalue weighted by molar-refractivity contribution is 6.01. The number of carbonyl (C=O) groups excluding carboxylic acids is 1. The highest BCUT2D eigenvalue weighted by Gasteiger charge is 2.23. The number of anilines is 2. The molecule has 1 heterocycles. The summed E-state index contributed by atoms with van der Waals surface area (Å²) in [5, 5.41) is 6.64. The predicted octanol–water partition coefficient (Wildman–Crippen LogP) is 3.49. The van der Waals surface area contributed by atoms with Gasteiger partial charge in [-0.05, 0) is 70.8 Å². The second-order valence-corrected chi connectivity index (χ2v) is 6.92. The second-order valence-electron chi connectivity index (χ2n) is 6.92. The molecule has 124 valence electrons. The number of nitrogens with zero attached hydrogens (tertiary/aromatic N) is 1. The van der Waals surface area contributed by atoms with E-state index in [1.54, 1.807) is 6.08 Å². The molecule has 0 spiro atoms. The van der Waals surface area contributed by atoms with Crippen molar-refractivity contribution in [1.29, 1.82) is 0 Å². The first-order valence-corrected chi connectivity index (χ1v) is 8.65. The molecule has 0 bridgehead atoms. The van der Waals surface area contributed by atoms with Gasteiger partial charge in [0.2, 0.25) is 5.91 Å². The Morgan fingerprint density at radius 3 is 2.43 bits per heavy atom. The standard InChI is InChI=1S/C19H27N3O/c1-14(15-7-8-15)13-19(23)21-18-6-4-3-5-17(18)20-16-9-11-22(2)12-10-16/h3-6,13,15-16,20H,7-12H2,1-2H3,(H,21,23). The SMILES string of the molecule is CC(=CC(=O)Nc1ccccc1NC1CCN(C)CC1)C1CC1. The Balaban J connectivity index is 1.63. The predicted molar refractivity (Wildman–Crippen MR) is 95.7 cm³/mol. The van der Waals surface area contributed by atoms with E-state index < -0.39 is 0 Å². The number of allylic oxidation sites excluding steroid dienone is 1. The number of para-hydroxylation sites is 2. The molecule has 2 fully saturated rings. The molecule has 0 aromatic heterocycles. The molecule has 0 unspecified atom stereocenters. The van der Waals surface area contributed by atoms with Crippen molar-refractivity contribution in [3.63, 3.8) is 0 Å². The normalized spacial score (nSPS) is 20.3. The van der Waals surface area contributed by atoms with Crippen molar-refractivity contribution < 1.29 is 4.79 Å². The Kier molecular flexibility index (Phi) is 5.01. The minimum atomic E-state index is -0.0213. The van der Waals surface area contributed by atoms with E-state index in [0.29, 0.717) is 12.0 Å². The topological polar surface area (TPSA) is 44.4 Å². The lowest BCUT2D eigenvalue weighted by Gasteiger charge is -2.30. The molecule has 4 nitrogen and oxygen atoms in total. The third kappa shape index (κ3) is 4.58. The van der Waals surface area contributed by atoms with Crippen LogP contribution >= 0.6 is 0 Å². The summed E-state index contributed by atoms with van der Waals surface area (Å²) >= 11 is 0. The van der Waals surface area contributed by atoms with Crippen molar-refractivity contribution >= 4 is 17.3 Å². The van der Waals surface area contributed by atoms with E-state index in [2.05, 4.69) is 29.5 Å². The van der Waals surface area contributed by atoms with Crippen LogP contribution in [0.15, 0.2) is 35.9 Å². The van der Waals surface area contributed by atoms with Crippen molar-refractivity contribution in [1.82, 2.24) is 4.90 Å². The first-order valence-electron chi connectivity index (χ1n) is 8.65. The molecule has 4 heteroatoms. The summed E-state index contributed by atoms with van der Waals surface area (Å²) in [5.41, 5.74) is 3.09. The van der Waals surface area contributed by atoms with E-state index in [1.807, 2.05) is 24.3 Å². The van der Waals surface area contributed by atoms with Crippen LogP contribution in [-0.4, -0.2) is 37.0 Å². The van der Waals surface area contributed by atoms with Crippen LogP contribution in [0.2, 0.25) is 0 Å². The fourth-order valence-corrected chi connectivity index (χ4v) is 3.12. The Morgan fingerprint density at radius 2 is 1.78 bits per heavy atom. The first-order chi connectivity index (χ1) is 11.1. The van der Waals surface area contributed by atoms with Crippen LogP contribution in [-0.2, 0) is 4.79 Å². The van der Waals surface area contributed by atoms with Crippen LogP contribution in [0.5, 0.6) is 0 Å². The summed E-state index contributed by atoms with van der Waals surface area (Å²) in [6, 6.07) is 8.47. The van der Waals surface area contributed by atoms with Gasteiger partial charge < -0.3 is 15.5 Å². The van der Waals surface area contributed by atoms with Crippen molar-refractivity contribution in [3.8, 4) is 0 Å². The average molecular weight is 313 g/mol. The number of benzene rings is 1. The Morgan fingerprint density at radius 1 is 1.13 bits per heavy atom. The van der Waals surface area contributed by atoms with E-state index in [9.17, 15) is 4.79 Å². The molecule has 2 aliphatic rings. The molecule has 1 saturated carbocycles. The van der Waals surface area contributed by atoms with E-state index in [4.69, 9.17) is 0 Å². The molecule has 3 rings (SSSR count). The summed E-state index contributed by atoms with van der Waals surface area (Å²) in [5.74, 6) is 0.611. The summed E-state index contributed by atoms with van der Waals surface area (Å²) < 4.78 is 0. The molecule has 2 N–H and O–H groups in total. The van der Waals surface area contributed by atoms with Gasteiger partial charge in [-0.1, -0.05) is 17.7 Å². The van der Waals surface area contributed by atoms with Gasteiger partial charge in [0.1, 0.15) is 0 Å². The van der Waals surface area contributed by atoms with Gasteiger partial charge in [0, 0.05) is 12.1 Å². The molecule has 0 radical (unpaired) electrons. The number of piperidine rings is 1. The maximum absolute atomic E-state index is 12.2. The highest BCUT2D eigenvalue weighted by Crippen LogP contribution is 2.36. The lowest BCUT2D eigenvalue weighted by molar-refractivity contribution is -0.112. The molecule has 0 atom stereocenters. The molecule has 1 aromatic rings. The number of rotatable bonds is 5. The Labute approximate surface area is 138 Å². The number of likely N-dealkylation sites (tertiary alicyclic amines) is 1. The van der Waals surface area contributed by atoms with Crippen molar-refractivity contribution in [2.24, 2.45) is 5.92 Å². The molecule has 1 amide bonds. The van der Waals surface area contributed by atoms with Crippen LogP contribution < -0.4 is 10.6 Å². The van der Waals surface area contributed by atoms with Crippen molar-refractivity contribution in [2.45, 2.75) is 38.6 Å². The van der Waals surface area contributed by atoms with Gasteiger partial charge in [0.15, 0.2) is 0 Å². The van der Waals surface area contributed by atoms with Crippen LogP contribution in [0.3, 0.4) is 0 Å². The Hall–Kier alpha value is -1.81. The van der Waals surface area contributed by atoms with Gasteiger partial charge in [-0.15, -0.1) is 0 Å². The van der Waals surface area contributed by atoms with Gasteiger partial charge >= 0.3 is 0 Å². The molecule has 23 heavy (non-hydrogen) atoms. The fourth-order valence-electron chi connectivity index (χ4n) is 3.12. The van der Waals surface area contributed by atoms with Crippen LogP contribution in [0.25, 0.3) is 0 Å². The largest absolute Gasteiger partial charge is 0.381 e. The molecular weight excluding hydrogens is 286 g/mol. The molecular formula is C19H27N3O. The third-order valence-electron chi connectivity index (χ3n) is 4.84. The molecule has 1 aliphatic heterocycles. The zero-order valence-corrected chi connectivity index (χ0v) is 14.1. The Bertz CT molecular complexity index is 584. The summed E-state index contributed by atoms with van der Waals surface area (Å²) in [7, 11) is 2.17. The van der Waals surface area contributed by atoms with E-state index in [-0.39, 0.29) is 5.91 Å². The number of hydrogen-bond acceptors (Lipinski definition) is 3. The maximum atomic E-state index is 12.2. The zero-order valence-electron chi connectivity index (χ0n) is 14.1. The summed E-state index contributed by atoms with van der Waals surface area (Å²) in [6.45, 7) is 4.30. The summed E-state index contributed by atoms with van der Waals surface area (Å²) in [4.78, 5) is 14.6. The van der Waals surface area contributed by atoms with Gasteiger partial charge in [0.05, 0.1) is 11.4 Å². The quantitative estimate of drug-likeness (QED) is 0.818. The lowest BCUT2D eigenvalue weighted by atomic mass is 10.0. The number of hydrogen-bond donors (Lipinski definition) is 2. The van der Waals surface area contributed by atoms with Gasteiger partial charge in [-0.2, -0.15) is 0 Å². The number of carbonyl (C=O) groups is 1. The third-order valence-corrected chi connectivity index (χ3v) is 4.84. The van der Waals surface area contributed by atoms with Crippen LogP contribution in [0.1, 0.15) is 32.6 Å². The summed E-state index contributed by atoms with van der Waals surface area (Å²) in [6.07, 6.45) is 6.48. The van der Waals surface area contributed by atoms with Crippen LogP contribution in [0, 0.1) is 5.92 Å². The average Bonchev–Trinajstić information content (AvgIpc) is 3.36. The molecule has 1 aliphatic carbocycles. The van der Waals surface area contributed by atoms with E-state index in [0.717, 1.165) is 37.3 Å². The van der Waals surface area contributed by atoms with Crippen molar-refractivity contribution in [3.05, 3.63) is 35.9 Å². The van der Waals surface area contributed by atoms with Crippen LogP contribution in [0.4, 0.5) is 11.4 Å². The minimum Gasteiger partial charge on any atom is -0.381 e.